The number of aldehydes is 1. The fourth-order valence-electron chi connectivity index (χ4n) is 1.70. The van der Waals surface area contributed by atoms with Crippen molar-refractivity contribution >= 4 is 6.29 Å². The molecule has 0 aliphatic heterocycles. The molecule has 80 valence electrons. The zero-order valence-electron chi connectivity index (χ0n) is 9.10. The lowest BCUT2D eigenvalue weighted by atomic mass is 10.0. The first-order chi connectivity index (χ1) is 7.88. The average molecular weight is 210 g/mol. The predicted octanol–water partition coefficient (Wildman–Crippen LogP) is 3.28. The van der Waals surface area contributed by atoms with Crippen LogP contribution in [0.5, 0.6) is 0 Å². The summed E-state index contributed by atoms with van der Waals surface area (Å²) < 4.78 is 0. The molecule has 2 aromatic carbocycles. The summed E-state index contributed by atoms with van der Waals surface area (Å²) in [6.07, 6.45) is 2.94. The van der Waals surface area contributed by atoms with E-state index >= 15 is 0 Å². The van der Waals surface area contributed by atoms with Gasteiger partial charge in [0.15, 0.2) is 0 Å². The minimum atomic E-state index is 0.739. The molecule has 1 nitrogen and oxygen atoms in total. The molecule has 0 fully saturated rings. The third kappa shape index (κ3) is 2.80. The quantitative estimate of drug-likeness (QED) is 0.708. The zero-order chi connectivity index (χ0) is 11.2. The molecule has 0 aliphatic rings. The first kappa shape index (κ1) is 10.6. The molecule has 0 radical (unpaired) electrons. The lowest BCUT2D eigenvalue weighted by molar-refractivity contribution is 0.112. The molecule has 0 saturated carbocycles. The van der Waals surface area contributed by atoms with Crippen LogP contribution in [0, 0.1) is 0 Å². The van der Waals surface area contributed by atoms with Crippen molar-refractivity contribution in [2.24, 2.45) is 0 Å². The summed E-state index contributed by atoms with van der Waals surface area (Å²) in [5.41, 5.74) is 3.36. The molecule has 0 atom stereocenters. The van der Waals surface area contributed by atoms with Gasteiger partial charge in [0.2, 0.25) is 0 Å². The molecule has 0 aliphatic carbocycles. The molecular formula is C15H14O. The van der Waals surface area contributed by atoms with E-state index in [1.165, 1.54) is 11.1 Å². The smallest absolute Gasteiger partial charge is 0.150 e. The maximum atomic E-state index is 10.5. The van der Waals surface area contributed by atoms with E-state index in [2.05, 4.69) is 24.3 Å². The van der Waals surface area contributed by atoms with E-state index < -0.39 is 0 Å². The monoisotopic (exact) mass is 210 g/mol. The van der Waals surface area contributed by atoms with Gasteiger partial charge in [0, 0.05) is 5.56 Å². The van der Waals surface area contributed by atoms with Crippen molar-refractivity contribution in [1.82, 2.24) is 0 Å². The summed E-state index contributed by atoms with van der Waals surface area (Å²) in [5, 5.41) is 0. The van der Waals surface area contributed by atoms with Gasteiger partial charge in [-0.1, -0.05) is 54.6 Å². The van der Waals surface area contributed by atoms with Gasteiger partial charge in [-0.15, -0.1) is 0 Å². The van der Waals surface area contributed by atoms with Gasteiger partial charge in [-0.2, -0.15) is 0 Å². The number of hydrogen-bond donors (Lipinski definition) is 0. The van der Waals surface area contributed by atoms with Crippen molar-refractivity contribution in [2.45, 2.75) is 12.8 Å². The molecule has 0 heterocycles. The number of carbonyl (C=O) groups is 1. The third-order valence-electron chi connectivity index (χ3n) is 2.66. The Balaban J connectivity index is 1.97. The summed E-state index contributed by atoms with van der Waals surface area (Å²) in [7, 11) is 0. The average Bonchev–Trinajstić information content (AvgIpc) is 2.38. The maximum Gasteiger partial charge on any atom is 0.150 e. The minimum Gasteiger partial charge on any atom is -0.298 e. The van der Waals surface area contributed by atoms with Gasteiger partial charge in [0.25, 0.3) is 0 Å². The molecule has 0 bridgehead atoms. The summed E-state index contributed by atoms with van der Waals surface area (Å²) in [4.78, 5) is 10.5. The van der Waals surface area contributed by atoms with Gasteiger partial charge >= 0.3 is 0 Å². The fourth-order valence-corrected chi connectivity index (χ4v) is 1.70. The van der Waals surface area contributed by atoms with Crippen LogP contribution in [0.25, 0.3) is 0 Å². The number of rotatable bonds is 4. The first-order valence-corrected chi connectivity index (χ1v) is 5.46. The highest BCUT2D eigenvalue weighted by atomic mass is 16.1. The molecule has 0 aromatic heterocycles. The lowest BCUT2D eigenvalue weighted by Crippen LogP contribution is -1.91. The van der Waals surface area contributed by atoms with E-state index in [1.54, 1.807) is 0 Å². The van der Waals surface area contributed by atoms with Gasteiger partial charge in [0.1, 0.15) is 6.29 Å². The van der Waals surface area contributed by atoms with E-state index in [4.69, 9.17) is 0 Å². The van der Waals surface area contributed by atoms with Crippen LogP contribution in [0.3, 0.4) is 0 Å². The van der Waals surface area contributed by atoms with Crippen LogP contribution in [0.15, 0.2) is 54.6 Å². The summed E-state index contributed by atoms with van der Waals surface area (Å²) >= 11 is 0. The number of benzene rings is 2. The highest BCUT2D eigenvalue weighted by Crippen LogP contribution is 2.08. The second-order valence-electron chi connectivity index (χ2n) is 3.85. The molecule has 2 aromatic rings. The highest BCUT2D eigenvalue weighted by molar-refractivity contribution is 5.74. The molecule has 0 amide bonds. The molecular weight excluding hydrogens is 196 g/mol. The molecule has 16 heavy (non-hydrogen) atoms. The Labute approximate surface area is 95.7 Å². The number of aryl methyl sites for hydroxylation is 2. The van der Waals surface area contributed by atoms with Gasteiger partial charge in [-0.25, -0.2) is 0 Å². The summed E-state index contributed by atoms with van der Waals surface area (Å²) in [5.74, 6) is 0. The molecule has 2 rings (SSSR count). The van der Waals surface area contributed by atoms with Crippen LogP contribution in [-0.4, -0.2) is 6.29 Å². The highest BCUT2D eigenvalue weighted by Gasteiger charge is 1.95. The van der Waals surface area contributed by atoms with Crippen LogP contribution in [-0.2, 0) is 12.8 Å². The Morgan fingerprint density at radius 3 is 1.88 bits per heavy atom. The van der Waals surface area contributed by atoms with E-state index in [0.29, 0.717) is 0 Å². The van der Waals surface area contributed by atoms with E-state index in [0.717, 1.165) is 24.7 Å². The molecule has 0 spiro atoms. The fraction of sp³-hybridized carbons (Fsp3) is 0.133. The van der Waals surface area contributed by atoms with Crippen LogP contribution in [0.2, 0.25) is 0 Å². The second kappa shape index (κ2) is 5.26. The van der Waals surface area contributed by atoms with Crippen molar-refractivity contribution < 1.29 is 4.79 Å². The zero-order valence-corrected chi connectivity index (χ0v) is 9.10. The Morgan fingerprint density at radius 1 is 0.750 bits per heavy atom. The largest absolute Gasteiger partial charge is 0.298 e. The summed E-state index contributed by atoms with van der Waals surface area (Å²) in [6.45, 7) is 0. The minimum absolute atomic E-state index is 0.739. The SMILES string of the molecule is O=Cc1ccc(CCc2ccccc2)cc1. The Morgan fingerprint density at radius 2 is 1.31 bits per heavy atom. The summed E-state index contributed by atoms with van der Waals surface area (Å²) in [6, 6.07) is 18.2. The Hall–Kier alpha value is -1.89. The van der Waals surface area contributed by atoms with Crippen molar-refractivity contribution in [3.63, 3.8) is 0 Å². The van der Waals surface area contributed by atoms with E-state index in [9.17, 15) is 4.79 Å². The van der Waals surface area contributed by atoms with Crippen LogP contribution in [0.4, 0.5) is 0 Å². The van der Waals surface area contributed by atoms with Gasteiger partial charge < -0.3 is 0 Å². The maximum absolute atomic E-state index is 10.5. The number of hydrogen-bond acceptors (Lipinski definition) is 1. The Kier molecular flexibility index (Phi) is 3.50. The standard InChI is InChI=1S/C15H14O/c16-12-15-10-8-14(9-11-15)7-6-13-4-2-1-3-5-13/h1-5,8-12H,6-7H2. The normalized spacial score (nSPS) is 10.0. The van der Waals surface area contributed by atoms with Gasteiger partial charge in [-0.3, -0.25) is 4.79 Å². The van der Waals surface area contributed by atoms with E-state index in [1.807, 2.05) is 30.3 Å². The van der Waals surface area contributed by atoms with Crippen molar-refractivity contribution in [3.05, 3.63) is 71.3 Å². The Bertz CT molecular complexity index is 443. The predicted molar refractivity (Wildman–Crippen MR) is 65.7 cm³/mol. The molecule has 0 unspecified atom stereocenters. The van der Waals surface area contributed by atoms with Gasteiger partial charge in [-0.05, 0) is 24.0 Å². The van der Waals surface area contributed by atoms with Crippen LogP contribution >= 0.6 is 0 Å². The topological polar surface area (TPSA) is 17.1 Å². The molecule has 0 N–H and O–H groups in total. The van der Waals surface area contributed by atoms with Crippen LogP contribution < -0.4 is 0 Å². The van der Waals surface area contributed by atoms with Crippen molar-refractivity contribution in [3.8, 4) is 0 Å². The molecule has 1 heteroatoms. The molecule has 0 saturated heterocycles. The lowest BCUT2D eigenvalue weighted by Gasteiger charge is -2.02. The van der Waals surface area contributed by atoms with E-state index in [-0.39, 0.29) is 0 Å². The second-order valence-corrected chi connectivity index (χ2v) is 3.85. The van der Waals surface area contributed by atoms with Gasteiger partial charge in [0.05, 0.1) is 0 Å². The van der Waals surface area contributed by atoms with Crippen LogP contribution in [0.1, 0.15) is 21.5 Å². The third-order valence-corrected chi connectivity index (χ3v) is 2.66. The number of carbonyl (C=O) groups excluding carboxylic acids is 1. The van der Waals surface area contributed by atoms with Crippen molar-refractivity contribution in [2.75, 3.05) is 0 Å². The van der Waals surface area contributed by atoms with Crippen molar-refractivity contribution in [1.29, 1.82) is 0 Å². The first-order valence-electron chi connectivity index (χ1n) is 5.46.